The largest absolute Gasteiger partial charge is 0.465 e. The summed E-state index contributed by atoms with van der Waals surface area (Å²) in [6.45, 7) is 5.05. The van der Waals surface area contributed by atoms with Crippen LogP contribution in [0.3, 0.4) is 0 Å². The molecule has 9 nitrogen and oxygen atoms in total. The smallest absolute Gasteiger partial charge is 0.325 e. The van der Waals surface area contributed by atoms with Crippen LogP contribution in [0.25, 0.3) is 0 Å². The average molecular weight is 500 g/mol. The molecule has 3 amide bonds. The van der Waals surface area contributed by atoms with Gasteiger partial charge in [-0.2, -0.15) is 0 Å². The van der Waals surface area contributed by atoms with E-state index in [4.69, 9.17) is 4.74 Å². The van der Waals surface area contributed by atoms with Gasteiger partial charge in [-0.25, -0.2) is 9.78 Å². The number of piperidine rings is 2. The highest BCUT2D eigenvalue weighted by Gasteiger charge is 2.27. The molecule has 0 bridgehead atoms. The number of carbonyl (C=O) groups excluding carboxylic acids is 3. The summed E-state index contributed by atoms with van der Waals surface area (Å²) in [6, 6.07) is 7.68. The molecule has 2 fully saturated rings. The Kier molecular flexibility index (Phi) is 8.57. The topological polar surface area (TPSA) is 104 Å². The van der Waals surface area contributed by atoms with E-state index >= 15 is 0 Å². The fourth-order valence-corrected chi connectivity index (χ4v) is 5.53. The second kappa shape index (κ2) is 12.0. The number of rotatable bonds is 7. The van der Waals surface area contributed by atoms with Gasteiger partial charge < -0.3 is 25.2 Å². The summed E-state index contributed by atoms with van der Waals surface area (Å²) in [4.78, 5) is 45.4. The van der Waals surface area contributed by atoms with Crippen LogP contribution in [0.15, 0.2) is 29.6 Å². The lowest BCUT2D eigenvalue weighted by atomic mass is 9.98. The molecule has 2 aliphatic rings. The van der Waals surface area contributed by atoms with Gasteiger partial charge in [-0.05, 0) is 51.2 Å². The van der Waals surface area contributed by atoms with Gasteiger partial charge in [0.1, 0.15) is 12.2 Å². The fourth-order valence-electron chi connectivity index (χ4n) is 4.56. The van der Waals surface area contributed by atoms with Gasteiger partial charge in [-0.3, -0.25) is 9.59 Å². The molecule has 2 aromatic rings. The summed E-state index contributed by atoms with van der Waals surface area (Å²) < 4.78 is 4.84. The molecule has 1 aromatic carbocycles. The highest BCUT2D eigenvalue weighted by atomic mass is 32.1. The summed E-state index contributed by atoms with van der Waals surface area (Å²) >= 11 is 1.49. The third-order valence-corrected chi connectivity index (χ3v) is 7.43. The number of hydrogen-bond acceptors (Lipinski definition) is 7. The Morgan fingerprint density at radius 3 is 2.57 bits per heavy atom. The molecule has 3 heterocycles. The number of esters is 1. The molecule has 2 N–H and O–H groups in total. The molecular formula is C25H33N5O4S. The first-order valence-electron chi connectivity index (χ1n) is 12.3. The quantitative estimate of drug-likeness (QED) is 0.561. The van der Waals surface area contributed by atoms with E-state index in [1.165, 1.54) is 30.6 Å². The van der Waals surface area contributed by atoms with Crippen LogP contribution in [0.1, 0.15) is 60.4 Å². The second-order valence-corrected chi connectivity index (χ2v) is 9.70. The van der Waals surface area contributed by atoms with Crippen LogP contribution in [0.4, 0.5) is 16.2 Å². The molecule has 0 spiro atoms. The SMILES string of the molecule is CCOC(=O)CNC(=O)N1CCC(c2nc(C(=O)Nc3ccccc3N3CCCCC3)cs2)CC1. The van der Waals surface area contributed by atoms with Crippen LogP contribution in [-0.2, 0) is 9.53 Å². The third-order valence-electron chi connectivity index (χ3n) is 6.42. The maximum absolute atomic E-state index is 13.0. The Hall–Kier alpha value is -3.14. The summed E-state index contributed by atoms with van der Waals surface area (Å²) in [5, 5.41) is 8.40. The van der Waals surface area contributed by atoms with E-state index in [0.717, 1.165) is 42.3 Å². The van der Waals surface area contributed by atoms with E-state index in [2.05, 4.69) is 26.6 Å². The monoisotopic (exact) mass is 499 g/mol. The number of anilines is 2. The second-order valence-electron chi connectivity index (χ2n) is 8.82. The number of ether oxygens (including phenoxy) is 1. The van der Waals surface area contributed by atoms with Crippen molar-refractivity contribution in [2.75, 3.05) is 49.5 Å². The molecule has 2 aliphatic heterocycles. The van der Waals surface area contributed by atoms with E-state index in [1.807, 2.05) is 23.6 Å². The van der Waals surface area contributed by atoms with Crippen LogP contribution in [0.2, 0.25) is 0 Å². The molecule has 1 aromatic heterocycles. The summed E-state index contributed by atoms with van der Waals surface area (Å²) in [5.41, 5.74) is 2.30. The molecule has 0 radical (unpaired) electrons. The van der Waals surface area contributed by atoms with Gasteiger partial charge in [-0.15, -0.1) is 11.3 Å². The number of benzene rings is 1. The molecule has 0 saturated carbocycles. The van der Waals surface area contributed by atoms with Crippen molar-refractivity contribution in [3.05, 3.63) is 40.3 Å². The van der Waals surface area contributed by atoms with Crippen LogP contribution >= 0.6 is 11.3 Å². The van der Waals surface area contributed by atoms with E-state index < -0.39 is 5.97 Å². The minimum absolute atomic E-state index is 0.127. The average Bonchev–Trinajstić information content (AvgIpc) is 3.39. The fraction of sp³-hybridized carbons (Fsp3) is 0.520. The Morgan fingerprint density at radius 1 is 1.09 bits per heavy atom. The van der Waals surface area contributed by atoms with Gasteiger partial charge in [0.25, 0.3) is 5.91 Å². The minimum atomic E-state index is -0.442. The molecule has 10 heteroatoms. The van der Waals surface area contributed by atoms with E-state index in [0.29, 0.717) is 25.4 Å². The zero-order chi connectivity index (χ0) is 24.6. The zero-order valence-electron chi connectivity index (χ0n) is 20.1. The van der Waals surface area contributed by atoms with Crippen LogP contribution in [0, 0.1) is 0 Å². The lowest BCUT2D eigenvalue weighted by Crippen LogP contribution is -2.45. The van der Waals surface area contributed by atoms with Gasteiger partial charge in [0.2, 0.25) is 0 Å². The Balaban J connectivity index is 1.30. The molecule has 0 atom stereocenters. The first-order valence-corrected chi connectivity index (χ1v) is 13.2. The van der Waals surface area contributed by atoms with Crippen molar-refractivity contribution in [2.24, 2.45) is 0 Å². The van der Waals surface area contributed by atoms with E-state index in [1.54, 1.807) is 11.8 Å². The number of thiazole rings is 1. The molecular weight excluding hydrogens is 466 g/mol. The van der Waals surface area contributed by atoms with Crippen molar-refractivity contribution >= 4 is 40.6 Å². The van der Waals surface area contributed by atoms with Gasteiger partial charge in [0.05, 0.1) is 23.0 Å². The van der Waals surface area contributed by atoms with Gasteiger partial charge in [0.15, 0.2) is 0 Å². The van der Waals surface area contributed by atoms with Crippen molar-refractivity contribution in [1.82, 2.24) is 15.2 Å². The standard InChI is InChI=1S/C25H33N5O4S/c1-2-34-22(31)16-26-25(33)30-14-10-18(11-15-30)24-28-20(17-35-24)23(32)27-19-8-4-5-9-21(19)29-12-6-3-7-13-29/h4-5,8-9,17-18H,2-3,6-7,10-16H2,1H3,(H,26,33)(H,27,32). The minimum Gasteiger partial charge on any atom is -0.465 e. The molecule has 35 heavy (non-hydrogen) atoms. The molecule has 0 unspecified atom stereocenters. The first-order chi connectivity index (χ1) is 17.0. The third kappa shape index (κ3) is 6.50. The van der Waals surface area contributed by atoms with E-state index in [9.17, 15) is 14.4 Å². The Labute approximate surface area is 209 Å². The Morgan fingerprint density at radius 2 is 1.83 bits per heavy atom. The number of nitrogens with zero attached hydrogens (tertiary/aromatic N) is 3. The number of amides is 3. The summed E-state index contributed by atoms with van der Waals surface area (Å²) in [6.07, 6.45) is 5.12. The van der Waals surface area contributed by atoms with Crippen LogP contribution in [0.5, 0.6) is 0 Å². The number of hydrogen-bond donors (Lipinski definition) is 2. The van der Waals surface area contributed by atoms with Crippen molar-refractivity contribution in [2.45, 2.75) is 44.9 Å². The van der Waals surface area contributed by atoms with Gasteiger partial charge >= 0.3 is 12.0 Å². The lowest BCUT2D eigenvalue weighted by Gasteiger charge is -2.31. The Bertz CT molecular complexity index is 1030. The first kappa shape index (κ1) is 25.0. The van der Waals surface area contributed by atoms with Crippen molar-refractivity contribution in [1.29, 1.82) is 0 Å². The van der Waals surface area contributed by atoms with Gasteiger partial charge in [-0.1, -0.05) is 12.1 Å². The highest BCUT2D eigenvalue weighted by molar-refractivity contribution is 7.10. The normalized spacial score (nSPS) is 16.6. The van der Waals surface area contributed by atoms with Gasteiger partial charge in [0, 0.05) is 37.5 Å². The van der Waals surface area contributed by atoms with Crippen LogP contribution < -0.4 is 15.5 Å². The van der Waals surface area contributed by atoms with E-state index in [-0.39, 0.29) is 24.4 Å². The van der Waals surface area contributed by atoms with Crippen molar-refractivity contribution in [3.8, 4) is 0 Å². The van der Waals surface area contributed by atoms with Crippen molar-refractivity contribution < 1.29 is 19.1 Å². The predicted molar refractivity (Wildman–Crippen MR) is 136 cm³/mol. The summed E-state index contributed by atoms with van der Waals surface area (Å²) in [7, 11) is 0. The number of aromatic nitrogens is 1. The number of nitrogens with one attached hydrogen (secondary N) is 2. The number of para-hydroxylation sites is 2. The summed E-state index contributed by atoms with van der Waals surface area (Å²) in [5.74, 6) is -0.438. The zero-order valence-corrected chi connectivity index (χ0v) is 20.9. The maximum atomic E-state index is 13.0. The lowest BCUT2D eigenvalue weighted by molar-refractivity contribution is -0.141. The number of urea groups is 1. The molecule has 4 rings (SSSR count). The molecule has 2 saturated heterocycles. The highest BCUT2D eigenvalue weighted by Crippen LogP contribution is 2.32. The number of carbonyl (C=O) groups is 3. The van der Waals surface area contributed by atoms with Crippen molar-refractivity contribution in [3.63, 3.8) is 0 Å². The maximum Gasteiger partial charge on any atom is 0.325 e. The number of likely N-dealkylation sites (tertiary alicyclic amines) is 1. The molecule has 188 valence electrons. The van der Waals surface area contributed by atoms with Crippen LogP contribution in [-0.4, -0.2) is 67.1 Å². The molecule has 0 aliphatic carbocycles. The predicted octanol–water partition coefficient (Wildman–Crippen LogP) is 3.84.